The average molecular weight is 552 g/mol. The van der Waals surface area contributed by atoms with E-state index in [2.05, 4.69) is 46.1 Å². The number of nitrogens with one attached hydrogen (secondary N) is 3. The fraction of sp³-hybridized carbons (Fsp3) is 0.320. The van der Waals surface area contributed by atoms with Gasteiger partial charge in [0, 0.05) is 36.3 Å². The minimum absolute atomic E-state index is 0.120. The second kappa shape index (κ2) is 12.3. The molecule has 0 saturated carbocycles. The van der Waals surface area contributed by atoms with E-state index in [-0.39, 0.29) is 23.1 Å². The predicted molar refractivity (Wildman–Crippen MR) is 143 cm³/mol. The number of hydrogen-bond donors (Lipinski definition) is 3. The molecule has 0 unspecified atom stereocenters. The maximum atomic E-state index is 12.9. The largest absolute Gasteiger partial charge is 0.494 e. The maximum Gasteiger partial charge on any atom is 0.273 e. The first-order valence-electron chi connectivity index (χ1n) is 13.6. The minimum atomic E-state index is -2.75. The fourth-order valence-corrected chi connectivity index (χ4v) is 3.96. The lowest BCUT2D eigenvalue weighted by molar-refractivity contribution is 0.0327. The molecule has 4 aromatic rings. The number of carbonyl (C=O) groups excluding carboxylic acids is 1. The van der Waals surface area contributed by atoms with E-state index in [0.29, 0.717) is 54.3 Å². The lowest BCUT2D eigenvalue weighted by Gasteiger charge is -2.24. The van der Waals surface area contributed by atoms with Crippen LogP contribution in [0.2, 0.25) is 0 Å². The monoisotopic (exact) mass is 551 g/mol. The van der Waals surface area contributed by atoms with Gasteiger partial charge in [-0.15, -0.1) is 20.4 Å². The van der Waals surface area contributed by atoms with Crippen molar-refractivity contribution in [2.75, 3.05) is 58.1 Å². The molecule has 15 heteroatoms. The normalized spacial score (nSPS) is 14.9. The number of morpholine rings is 1. The summed E-state index contributed by atoms with van der Waals surface area (Å²) in [6.07, 6.45) is 0. The van der Waals surface area contributed by atoms with E-state index >= 15 is 0 Å². The first-order valence-corrected chi connectivity index (χ1v) is 12.1. The molecule has 1 amide bonds. The highest BCUT2D eigenvalue weighted by molar-refractivity contribution is 5.99. The van der Waals surface area contributed by atoms with Crippen LogP contribution in [-0.4, -0.2) is 88.8 Å². The number of anilines is 4. The van der Waals surface area contributed by atoms with Crippen LogP contribution in [0, 0.1) is 0 Å². The summed E-state index contributed by atoms with van der Waals surface area (Å²) in [4.78, 5) is 19.6. The van der Waals surface area contributed by atoms with Crippen molar-refractivity contribution in [3.05, 3.63) is 47.9 Å². The maximum absolute atomic E-state index is 12.9. The van der Waals surface area contributed by atoms with Gasteiger partial charge in [-0.3, -0.25) is 9.69 Å². The highest BCUT2D eigenvalue weighted by atomic mass is 16.5. The van der Waals surface area contributed by atoms with Gasteiger partial charge in [-0.1, -0.05) is 11.2 Å². The Morgan fingerprint density at radius 3 is 2.62 bits per heavy atom. The van der Waals surface area contributed by atoms with Crippen LogP contribution in [0.15, 0.2) is 40.9 Å². The molecule has 3 aromatic heterocycles. The highest BCUT2D eigenvalue weighted by Crippen LogP contribution is 2.38. The number of rotatable bonds is 10. The highest BCUT2D eigenvalue weighted by Gasteiger charge is 2.21. The summed E-state index contributed by atoms with van der Waals surface area (Å²) in [6.45, 7) is 0.588. The van der Waals surface area contributed by atoms with Crippen molar-refractivity contribution >= 4 is 28.9 Å². The Balaban J connectivity index is 1.45. The van der Waals surface area contributed by atoms with Gasteiger partial charge in [-0.25, -0.2) is 0 Å². The second-order valence-corrected chi connectivity index (χ2v) is 8.45. The van der Waals surface area contributed by atoms with Crippen LogP contribution in [0.5, 0.6) is 11.6 Å². The van der Waals surface area contributed by atoms with E-state index in [4.69, 9.17) is 22.8 Å². The third-order valence-corrected chi connectivity index (χ3v) is 5.88. The molecule has 0 bridgehead atoms. The molecule has 1 saturated heterocycles. The minimum Gasteiger partial charge on any atom is -0.494 e. The van der Waals surface area contributed by atoms with Crippen molar-refractivity contribution in [2.24, 2.45) is 0 Å². The Bertz CT molecular complexity index is 1560. The second-order valence-electron chi connectivity index (χ2n) is 8.45. The molecule has 4 heterocycles. The molecule has 5 rings (SSSR count). The van der Waals surface area contributed by atoms with Crippen LogP contribution in [0.3, 0.4) is 0 Å². The number of carbonyl (C=O) groups is 1. The number of hydrogen-bond acceptors (Lipinski definition) is 14. The number of para-hydroxylation sites is 1. The molecule has 1 aliphatic rings. The number of nitrogens with zero attached hydrogens (tertiary/aromatic N) is 7. The molecule has 208 valence electrons. The number of benzene rings is 1. The summed E-state index contributed by atoms with van der Waals surface area (Å²) < 4.78 is 44.0. The molecule has 15 nitrogen and oxygen atoms in total. The Kier molecular flexibility index (Phi) is 7.09. The molecule has 3 N–H and O–H groups in total. The summed E-state index contributed by atoms with van der Waals surface area (Å²) in [5.41, 5.74) is 0.741. The van der Waals surface area contributed by atoms with Crippen molar-refractivity contribution in [3.63, 3.8) is 0 Å². The SMILES string of the molecule is [2H]C([2H])([2H])NC(=O)c1nnc(Nc2ccc(OC)nn2)cc1Nc1cccc(-c2nc(CN3CCOCC3)no2)c1OC. The van der Waals surface area contributed by atoms with Crippen LogP contribution in [0.25, 0.3) is 11.5 Å². The Morgan fingerprint density at radius 1 is 1.02 bits per heavy atom. The zero-order valence-corrected chi connectivity index (χ0v) is 21.7. The zero-order chi connectivity index (χ0) is 30.4. The van der Waals surface area contributed by atoms with Crippen molar-refractivity contribution in [1.29, 1.82) is 0 Å². The fourth-order valence-electron chi connectivity index (χ4n) is 3.96. The first kappa shape index (κ1) is 23.0. The number of ether oxygens (including phenoxy) is 3. The van der Waals surface area contributed by atoms with Crippen LogP contribution in [0.4, 0.5) is 23.0 Å². The number of methoxy groups -OCH3 is 2. The van der Waals surface area contributed by atoms with Crippen LogP contribution in [0.1, 0.15) is 20.4 Å². The molecular weight excluding hydrogens is 520 g/mol. The van der Waals surface area contributed by atoms with Crippen molar-refractivity contribution in [1.82, 2.24) is 40.8 Å². The van der Waals surface area contributed by atoms with Gasteiger partial charge >= 0.3 is 0 Å². The topological polar surface area (TPSA) is 175 Å². The van der Waals surface area contributed by atoms with E-state index in [1.807, 2.05) is 5.32 Å². The van der Waals surface area contributed by atoms with E-state index in [0.717, 1.165) is 13.1 Å². The van der Waals surface area contributed by atoms with E-state index in [9.17, 15) is 4.79 Å². The molecule has 40 heavy (non-hydrogen) atoms. The van der Waals surface area contributed by atoms with Gasteiger partial charge in [-0.05, 0) is 18.2 Å². The van der Waals surface area contributed by atoms with Gasteiger partial charge in [0.2, 0.25) is 5.88 Å². The van der Waals surface area contributed by atoms with Crippen LogP contribution >= 0.6 is 0 Å². The van der Waals surface area contributed by atoms with Crippen LogP contribution in [-0.2, 0) is 11.3 Å². The molecule has 1 fully saturated rings. The Hall–Kier alpha value is -4.89. The van der Waals surface area contributed by atoms with Crippen LogP contribution < -0.4 is 25.4 Å². The number of aromatic nitrogens is 6. The standard InChI is InChI=1S/C25H28N10O5/c1-26-24(36)22-17(13-19(31-33-22)28-18-7-8-21(37-2)32-30-18)27-16-6-4-5-15(23(16)38-3)25-29-20(34-40-25)14-35-9-11-39-12-10-35/h4-8,13H,9-12,14H2,1-3H3,(H,26,36)(H2,27,28,30,31)/i1D3. The zero-order valence-electron chi connectivity index (χ0n) is 24.7. The third kappa shape index (κ3) is 6.05. The predicted octanol–water partition coefficient (Wildman–Crippen LogP) is 2.01. The number of amides is 1. The van der Waals surface area contributed by atoms with Gasteiger partial charge in [0.1, 0.15) is 0 Å². The van der Waals surface area contributed by atoms with E-state index < -0.39 is 12.9 Å². The summed E-state index contributed by atoms with van der Waals surface area (Å²) in [5, 5.41) is 28.0. The quantitative estimate of drug-likeness (QED) is 0.261. The lowest BCUT2D eigenvalue weighted by Crippen LogP contribution is -2.35. The first-order chi connectivity index (χ1) is 20.7. The summed E-state index contributed by atoms with van der Waals surface area (Å²) in [6, 6.07) is 9.85. The smallest absolute Gasteiger partial charge is 0.273 e. The average Bonchev–Trinajstić information content (AvgIpc) is 3.45. The Labute approximate surface area is 233 Å². The van der Waals surface area contributed by atoms with Crippen molar-refractivity contribution in [3.8, 4) is 23.1 Å². The molecule has 1 aliphatic heterocycles. The molecule has 0 spiro atoms. The molecular formula is C25H28N10O5. The van der Waals surface area contributed by atoms with E-state index in [1.165, 1.54) is 20.3 Å². The molecule has 0 radical (unpaired) electrons. The van der Waals surface area contributed by atoms with Gasteiger partial charge in [0.05, 0.1) is 50.9 Å². The molecule has 1 aromatic carbocycles. The summed E-state index contributed by atoms with van der Waals surface area (Å²) >= 11 is 0. The van der Waals surface area contributed by atoms with Gasteiger partial charge in [0.15, 0.2) is 28.9 Å². The summed E-state index contributed by atoms with van der Waals surface area (Å²) in [5.74, 6) is 0.937. The van der Waals surface area contributed by atoms with E-state index in [1.54, 1.807) is 30.3 Å². The molecule has 0 aliphatic carbocycles. The molecule has 0 atom stereocenters. The van der Waals surface area contributed by atoms with Gasteiger partial charge in [-0.2, -0.15) is 4.98 Å². The third-order valence-electron chi connectivity index (χ3n) is 5.88. The lowest BCUT2D eigenvalue weighted by atomic mass is 10.1. The summed E-state index contributed by atoms with van der Waals surface area (Å²) in [7, 11) is 2.94. The van der Waals surface area contributed by atoms with Gasteiger partial charge < -0.3 is 34.7 Å². The Morgan fingerprint density at radius 2 is 1.88 bits per heavy atom. The van der Waals surface area contributed by atoms with Crippen molar-refractivity contribution < 1.29 is 27.6 Å². The van der Waals surface area contributed by atoms with Crippen molar-refractivity contribution in [2.45, 2.75) is 6.54 Å². The van der Waals surface area contributed by atoms with Gasteiger partial charge in [0.25, 0.3) is 11.8 Å².